The number of hydrogen-bond donors (Lipinski definition) is 0. The summed E-state index contributed by atoms with van der Waals surface area (Å²) in [6, 6.07) is 23.1. The van der Waals surface area contributed by atoms with E-state index in [1.807, 2.05) is 18.2 Å². The van der Waals surface area contributed by atoms with Crippen LogP contribution in [0, 0.1) is 0 Å². The fourth-order valence-electron chi connectivity index (χ4n) is 3.60. The van der Waals surface area contributed by atoms with E-state index in [9.17, 15) is 0 Å². The first kappa shape index (κ1) is 12.5. The molecular weight excluding hydrogens is 314 g/mol. The van der Waals surface area contributed by atoms with E-state index in [2.05, 4.69) is 48.5 Å². The van der Waals surface area contributed by atoms with Gasteiger partial charge in [-0.15, -0.1) is 11.3 Å². The highest BCUT2D eigenvalue weighted by molar-refractivity contribution is 7.24. The van der Waals surface area contributed by atoms with Crippen LogP contribution in [0.2, 0.25) is 0 Å². The first-order valence-electron chi connectivity index (χ1n) is 7.91. The van der Waals surface area contributed by atoms with Crippen LogP contribution in [-0.4, -0.2) is 4.98 Å². The van der Waals surface area contributed by atoms with Crippen molar-refractivity contribution in [1.82, 2.24) is 4.98 Å². The second-order valence-corrected chi connectivity index (χ2v) is 7.12. The van der Waals surface area contributed by atoms with Gasteiger partial charge in [-0.2, -0.15) is 0 Å². The van der Waals surface area contributed by atoms with E-state index in [4.69, 9.17) is 9.40 Å². The van der Waals surface area contributed by atoms with Crippen LogP contribution in [0.15, 0.2) is 71.1 Å². The molecule has 3 aromatic heterocycles. The molecule has 6 aromatic rings. The van der Waals surface area contributed by atoms with Gasteiger partial charge in [0.15, 0.2) is 0 Å². The molecule has 0 amide bonds. The van der Waals surface area contributed by atoms with Crippen molar-refractivity contribution in [3.05, 3.63) is 66.7 Å². The Balaban J connectivity index is 2.04. The average molecular weight is 325 g/mol. The molecule has 0 saturated carbocycles. The van der Waals surface area contributed by atoms with Crippen molar-refractivity contribution in [3.63, 3.8) is 0 Å². The lowest BCUT2D eigenvalue weighted by molar-refractivity contribution is 0.669. The molecule has 112 valence electrons. The maximum absolute atomic E-state index is 6.07. The molecule has 3 aromatic carbocycles. The first-order valence-corrected chi connectivity index (χ1v) is 8.72. The van der Waals surface area contributed by atoms with E-state index in [0.29, 0.717) is 0 Å². The molecule has 24 heavy (non-hydrogen) atoms. The maximum atomic E-state index is 6.07. The summed E-state index contributed by atoms with van der Waals surface area (Å²) in [4.78, 5) is 4.99. The SMILES string of the molecule is c1ccc2nc3c(cc2c1)sc1cccc2oc4cccc3c4c21. The topological polar surface area (TPSA) is 26.0 Å². The summed E-state index contributed by atoms with van der Waals surface area (Å²) in [6.07, 6.45) is 0. The predicted molar refractivity (Wildman–Crippen MR) is 102 cm³/mol. The number of hydrogen-bond acceptors (Lipinski definition) is 3. The van der Waals surface area contributed by atoms with Crippen LogP contribution in [0.5, 0.6) is 0 Å². The Morgan fingerprint density at radius 2 is 1.58 bits per heavy atom. The fourth-order valence-corrected chi connectivity index (χ4v) is 4.73. The lowest BCUT2D eigenvalue weighted by atomic mass is 10.1. The average Bonchev–Trinajstić information content (AvgIpc) is 2.94. The Morgan fingerprint density at radius 1 is 0.750 bits per heavy atom. The summed E-state index contributed by atoms with van der Waals surface area (Å²) in [6.45, 7) is 0. The van der Waals surface area contributed by atoms with Crippen LogP contribution in [0.25, 0.3) is 53.1 Å². The van der Waals surface area contributed by atoms with Crippen LogP contribution in [0.1, 0.15) is 0 Å². The molecular formula is C21H11NOS. The Morgan fingerprint density at radius 3 is 2.54 bits per heavy atom. The third-order valence-electron chi connectivity index (χ3n) is 4.65. The standard InChI is InChI=1S/C21H11NOS/c1-2-7-14-12(5-1)11-18-21(22-14)13-6-3-8-15-19(13)20-16(23-15)9-4-10-17(20)24-18/h1-11H. The van der Waals surface area contributed by atoms with Crippen LogP contribution in [0.3, 0.4) is 0 Å². The summed E-state index contributed by atoms with van der Waals surface area (Å²) < 4.78 is 8.50. The highest BCUT2D eigenvalue weighted by Gasteiger charge is 2.15. The summed E-state index contributed by atoms with van der Waals surface area (Å²) in [5.41, 5.74) is 3.95. The molecule has 3 heterocycles. The quantitative estimate of drug-likeness (QED) is 0.318. The molecule has 3 heteroatoms. The minimum Gasteiger partial charge on any atom is -0.456 e. The fraction of sp³-hybridized carbons (Fsp3) is 0. The summed E-state index contributed by atoms with van der Waals surface area (Å²) in [7, 11) is 0. The highest BCUT2D eigenvalue weighted by atomic mass is 32.1. The van der Waals surface area contributed by atoms with E-state index >= 15 is 0 Å². The third kappa shape index (κ3) is 1.52. The number of para-hydroxylation sites is 1. The van der Waals surface area contributed by atoms with E-state index in [1.54, 1.807) is 11.3 Å². The number of pyridine rings is 1. The van der Waals surface area contributed by atoms with Gasteiger partial charge in [-0.3, -0.25) is 0 Å². The maximum Gasteiger partial charge on any atom is 0.136 e. The molecule has 0 saturated heterocycles. The van der Waals surface area contributed by atoms with E-state index in [1.165, 1.54) is 25.6 Å². The molecule has 0 radical (unpaired) electrons. The Bertz CT molecular complexity index is 1410. The van der Waals surface area contributed by atoms with Crippen molar-refractivity contribution in [2.45, 2.75) is 0 Å². The molecule has 0 fully saturated rings. The zero-order chi connectivity index (χ0) is 15.7. The van der Waals surface area contributed by atoms with Gasteiger partial charge in [-0.05, 0) is 30.3 Å². The van der Waals surface area contributed by atoms with Crippen molar-refractivity contribution in [3.8, 4) is 0 Å². The van der Waals surface area contributed by atoms with Gasteiger partial charge in [-0.1, -0.05) is 36.4 Å². The molecule has 6 rings (SSSR count). The monoisotopic (exact) mass is 325 g/mol. The molecule has 0 atom stereocenters. The number of nitrogens with zero attached hydrogens (tertiary/aromatic N) is 1. The van der Waals surface area contributed by atoms with Gasteiger partial charge in [0.1, 0.15) is 11.2 Å². The van der Waals surface area contributed by atoms with E-state index in [0.717, 1.165) is 27.6 Å². The molecule has 0 aliphatic carbocycles. The Kier molecular flexibility index (Phi) is 2.26. The van der Waals surface area contributed by atoms with Gasteiger partial charge in [0.05, 0.1) is 15.7 Å². The zero-order valence-electron chi connectivity index (χ0n) is 12.6. The van der Waals surface area contributed by atoms with Crippen LogP contribution < -0.4 is 0 Å². The first-order chi connectivity index (χ1) is 11.9. The largest absolute Gasteiger partial charge is 0.456 e. The molecule has 0 spiro atoms. The molecule has 2 nitrogen and oxygen atoms in total. The lowest BCUT2D eigenvalue weighted by Crippen LogP contribution is -1.80. The summed E-state index contributed by atoms with van der Waals surface area (Å²) >= 11 is 1.78. The van der Waals surface area contributed by atoms with E-state index in [-0.39, 0.29) is 0 Å². The van der Waals surface area contributed by atoms with Crippen LogP contribution in [-0.2, 0) is 0 Å². The second-order valence-electron chi connectivity index (χ2n) is 6.04. The van der Waals surface area contributed by atoms with Crippen molar-refractivity contribution in [2.75, 3.05) is 0 Å². The lowest BCUT2D eigenvalue weighted by Gasteiger charge is -2.00. The van der Waals surface area contributed by atoms with Crippen molar-refractivity contribution in [1.29, 1.82) is 0 Å². The van der Waals surface area contributed by atoms with Crippen molar-refractivity contribution in [2.24, 2.45) is 0 Å². The Labute approximate surface area is 140 Å². The number of furan rings is 1. The second kappa shape index (κ2) is 4.34. The van der Waals surface area contributed by atoms with Crippen LogP contribution >= 0.6 is 11.3 Å². The summed E-state index contributed by atoms with van der Waals surface area (Å²) in [5.74, 6) is 0. The van der Waals surface area contributed by atoms with E-state index < -0.39 is 0 Å². The molecule has 0 aliphatic heterocycles. The minimum atomic E-state index is 0.929. The minimum absolute atomic E-state index is 0.929. The van der Waals surface area contributed by atoms with Gasteiger partial charge in [0, 0.05) is 26.2 Å². The summed E-state index contributed by atoms with van der Waals surface area (Å²) in [5, 5.41) is 4.71. The predicted octanol–water partition coefficient (Wildman–Crippen LogP) is 6.50. The molecule has 0 bridgehead atoms. The smallest absolute Gasteiger partial charge is 0.136 e. The number of rotatable bonds is 0. The number of aromatic nitrogens is 1. The normalized spacial score (nSPS) is 12.2. The van der Waals surface area contributed by atoms with Crippen molar-refractivity contribution >= 4 is 64.5 Å². The van der Waals surface area contributed by atoms with Gasteiger partial charge < -0.3 is 4.42 Å². The Hall–Kier alpha value is -2.91. The molecule has 0 aliphatic rings. The number of fused-ring (bicyclic) bond motifs is 3. The van der Waals surface area contributed by atoms with Gasteiger partial charge >= 0.3 is 0 Å². The van der Waals surface area contributed by atoms with Gasteiger partial charge in [0.25, 0.3) is 0 Å². The molecule has 0 N–H and O–H groups in total. The number of benzene rings is 3. The van der Waals surface area contributed by atoms with Gasteiger partial charge in [-0.25, -0.2) is 4.98 Å². The van der Waals surface area contributed by atoms with Crippen LogP contribution in [0.4, 0.5) is 0 Å². The highest BCUT2D eigenvalue weighted by Crippen LogP contribution is 2.41. The zero-order valence-corrected chi connectivity index (χ0v) is 13.4. The van der Waals surface area contributed by atoms with Crippen molar-refractivity contribution < 1.29 is 4.42 Å². The van der Waals surface area contributed by atoms with Gasteiger partial charge in [0.2, 0.25) is 0 Å². The molecule has 0 unspecified atom stereocenters. The third-order valence-corrected chi connectivity index (χ3v) is 5.74.